The van der Waals surface area contributed by atoms with Gasteiger partial charge in [-0.15, -0.1) is 0 Å². The third-order valence-corrected chi connectivity index (χ3v) is 3.05. The third kappa shape index (κ3) is 2.48. The highest BCUT2D eigenvalue weighted by atomic mass is 16.3. The topological polar surface area (TPSA) is 20.2 Å². The second-order valence-electron chi connectivity index (χ2n) is 4.79. The van der Waals surface area contributed by atoms with Crippen molar-refractivity contribution < 1.29 is 5.11 Å². The summed E-state index contributed by atoms with van der Waals surface area (Å²) in [6, 6.07) is 0. The van der Waals surface area contributed by atoms with Gasteiger partial charge in [-0.25, -0.2) is 0 Å². The minimum atomic E-state index is -0.0447. The monoisotopic (exact) mass is 156 g/mol. The molecule has 2 unspecified atom stereocenters. The highest BCUT2D eigenvalue weighted by Gasteiger charge is 2.27. The Morgan fingerprint density at radius 2 is 1.73 bits per heavy atom. The van der Waals surface area contributed by atoms with E-state index >= 15 is 0 Å². The second kappa shape index (κ2) is 3.14. The molecule has 66 valence electrons. The number of aliphatic hydroxyl groups excluding tert-OH is 1. The molecular weight excluding hydrogens is 136 g/mol. The van der Waals surface area contributed by atoms with E-state index in [0.29, 0.717) is 11.3 Å². The molecule has 1 nitrogen and oxygen atoms in total. The van der Waals surface area contributed by atoms with Crippen molar-refractivity contribution in [2.45, 2.75) is 52.6 Å². The summed E-state index contributed by atoms with van der Waals surface area (Å²) in [5.41, 5.74) is 0.464. The van der Waals surface area contributed by atoms with Gasteiger partial charge in [0.1, 0.15) is 0 Å². The number of hydrogen-bond donors (Lipinski definition) is 1. The molecule has 0 spiro atoms. The first-order valence-corrected chi connectivity index (χ1v) is 4.69. The average molecular weight is 156 g/mol. The van der Waals surface area contributed by atoms with E-state index in [9.17, 15) is 5.11 Å². The summed E-state index contributed by atoms with van der Waals surface area (Å²) in [5.74, 6) is 0.511. The molecule has 0 amide bonds. The van der Waals surface area contributed by atoms with Gasteiger partial charge in [-0.1, -0.05) is 20.8 Å². The van der Waals surface area contributed by atoms with E-state index in [1.165, 1.54) is 19.3 Å². The molecule has 0 aromatic heterocycles. The summed E-state index contributed by atoms with van der Waals surface area (Å²) in [6.45, 7) is 6.77. The number of aliphatic hydroxyl groups is 1. The molecule has 0 radical (unpaired) electrons. The summed E-state index contributed by atoms with van der Waals surface area (Å²) in [5, 5.41) is 9.59. The van der Waals surface area contributed by atoms with Crippen LogP contribution in [0.15, 0.2) is 0 Å². The maximum Gasteiger partial charge on any atom is 0.0566 e. The molecule has 1 N–H and O–H groups in total. The molecule has 1 fully saturated rings. The lowest BCUT2D eigenvalue weighted by atomic mass is 9.85. The maximum atomic E-state index is 9.59. The van der Waals surface area contributed by atoms with Gasteiger partial charge >= 0.3 is 0 Å². The molecule has 1 saturated carbocycles. The van der Waals surface area contributed by atoms with Crippen LogP contribution in [-0.2, 0) is 0 Å². The molecule has 0 bridgehead atoms. The summed E-state index contributed by atoms with van der Waals surface area (Å²) in [7, 11) is 0. The molecule has 1 aliphatic rings. The summed E-state index contributed by atoms with van der Waals surface area (Å²) in [4.78, 5) is 0. The van der Waals surface area contributed by atoms with E-state index in [-0.39, 0.29) is 6.10 Å². The maximum absolute atomic E-state index is 9.59. The van der Waals surface area contributed by atoms with E-state index in [2.05, 4.69) is 20.8 Å². The summed E-state index contributed by atoms with van der Waals surface area (Å²) < 4.78 is 0. The van der Waals surface area contributed by atoms with Gasteiger partial charge in [0, 0.05) is 0 Å². The van der Waals surface area contributed by atoms with Crippen LogP contribution < -0.4 is 0 Å². The Balaban J connectivity index is 2.51. The largest absolute Gasteiger partial charge is 0.393 e. The predicted octanol–water partition coefficient (Wildman–Crippen LogP) is 2.58. The Morgan fingerprint density at radius 3 is 2.36 bits per heavy atom. The van der Waals surface area contributed by atoms with Crippen molar-refractivity contribution in [1.82, 2.24) is 0 Å². The van der Waals surface area contributed by atoms with Gasteiger partial charge in [0.05, 0.1) is 6.10 Å². The van der Waals surface area contributed by atoms with E-state index in [4.69, 9.17) is 0 Å². The van der Waals surface area contributed by atoms with Gasteiger partial charge in [-0.2, -0.15) is 0 Å². The highest BCUT2D eigenvalue weighted by Crippen LogP contribution is 2.35. The van der Waals surface area contributed by atoms with Crippen LogP contribution in [-0.4, -0.2) is 11.2 Å². The fourth-order valence-corrected chi connectivity index (χ4v) is 1.76. The van der Waals surface area contributed by atoms with Crippen LogP contribution in [0.1, 0.15) is 46.5 Å². The lowest BCUT2D eigenvalue weighted by Gasteiger charge is -2.21. The Bertz CT molecular complexity index is 115. The van der Waals surface area contributed by atoms with E-state index in [1.54, 1.807) is 0 Å². The standard InChI is InChI=1S/C10H20O/c1-8-4-6-10(2,3)7-5-9(8)11/h8-9,11H,4-7H2,1-3H3. The van der Waals surface area contributed by atoms with Crippen LogP contribution in [0, 0.1) is 11.3 Å². The Hall–Kier alpha value is -0.0400. The first-order chi connectivity index (χ1) is 5.01. The third-order valence-electron chi connectivity index (χ3n) is 3.05. The van der Waals surface area contributed by atoms with Crippen molar-refractivity contribution in [3.05, 3.63) is 0 Å². The molecule has 2 atom stereocenters. The van der Waals surface area contributed by atoms with Gasteiger partial charge in [0.2, 0.25) is 0 Å². The van der Waals surface area contributed by atoms with Gasteiger partial charge in [-0.05, 0) is 37.0 Å². The summed E-state index contributed by atoms with van der Waals surface area (Å²) in [6.07, 6.45) is 4.59. The Morgan fingerprint density at radius 1 is 1.18 bits per heavy atom. The van der Waals surface area contributed by atoms with Crippen LogP contribution in [0.25, 0.3) is 0 Å². The average Bonchev–Trinajstić information content (AvgIpc) is 2.03. The quantitative estimate of drug-likeness (QED) is 0.534. The lowest BCUT2D eigenvalue weighted by molar-refractivity contribution is 0.108. The van der Waals surface area contributed by atoms with Crippen LogP contribution in [0.5, 0.6) is 0 Å². The molecule has 0 aromatic carbocycles. The van der Waals surface area contributed by atoms with Crippen molar-refractivity contribution in [3.8, 4) is 0 Å². The van der Waals surface area contributed by atoms with Crippen LogP contribution in [0.2, 0.25) is 0 Å². The van der Waals surface area contributed by atoms with Crippen molar-refractivity contribution in [2.24, 2.45) is 11.3 Å². The SMILES string of the molecule is CC1CCC(C)(C)CCC1O. The van der Waals surface area contributed by atoms with Gasteiger partial charge < -0.3 is 5.11 Å². The molecular formula is C10H20O. The molecule has 1 heteroatoms. The van der Waals surface area contributed by atoms with Crippen molar-refractivity contribution in [2.75, 3.05) is 0 Å². The smallest absolute Gasteiger partial charge is 0.0566 e. The normalized spacial score (nSPS) is 38.2. The lowest BCUT2D eigenvalue weighted by Crippen LogP contribution is -2.14. The first kappa shape index (κ1) is 9.05. The second-order valence-corrected chi connectivity index (χ2v) is 4.79. The summed E-state index contributed by atoms with van der Waals surface area (Å²) >= 11 is 0. The molecule has 1 rings (SSSR count). The predicted molar refractivity (Wildman–Crippen MR) is 47.4 cm³/mol. The molecule has 0 aromatic rings. The van der Waals surface area contributed by atoms with Crippen molar-refractivity contribution >= 4 is 0 Å². The molecule has 0 heterocycles. The van der Waals surface area contributed by atoms with E-state index in [0.717, 1.165) is 6.42 Å². The fraction of sp³-hybridized carbons (Fsp3) is 1.00. The highest BCUT2D eigenvalue weighted by molar-refractivity contribution is 4.78. The number of hydrogen-bond acceptors (Lipinski definition) is 1. The Kier molecular flexibility index (Phi) is 2.58. The Labute approximate surface area is 69.8 Å². The molecule has 0 aliphatic heterocycles. The minimum absolute atomic E-state index is 0.0447. The van der Waals surface area contributed by atoms with Gasteiger partial charge in [0.15, 0.2) is 0 Å². The van der Waals surface area contributed by atoms with E-state index < -0.39 is 0 Å². The minimum Gasteiger partial charge on any atom is -0.393 e. The zero-order valence-corrected chi connectivity index (χ0v) is 7.93. The molecule has 0 saturated heterocycles. The van der Waals surface area contributed by atoms with Gasteiger partial charge in [0.25, 0.3) is 0 Å². The van der Waals surface area contributed by atoms with E-state index in [1.807, 2.05) is 0 Å². The van der Waals surface area contributed by atoms with Crippen molar-refractivity contribution in [1.29, 1.82) is 0 Å². The first-order valence-electron chi connectivity index (χ1n) is 4.69. The van der Waals surface area contributed by atoms with Gasteiger partial charge in [-0.3, -0.25) is 0 Å². The van der Waals surface area contributed by atoms with Crippen LogP contribution in [0.3, 0.4) is 0 Å². The zero-order valence-electron chi connectivity index (χ0n) is 7.93. The zero-order chi connectivity index (χ0) is 8.48. The van der Waals surface area contributed by atoms with Crippen molar-refractivity contribution in [3.63, 3.8) is 0 Å². The van der Waals surface area contributed by atoms with Crippen LogP contribution in [0.4, 0.5) is 0 Å². The number of rotatable bonds is 0. The molecule has 1 aliphatic carbocycles. The molecule has 11 heavy (non-hydrogen) atoms. The van der Waals surface area contributed by atoms with Crippen LogP contribution >= 0.6 is 0 Å². The fourth-order valence-electron chi connectivity index (χ4n) is 1.76.